The molecule has 0 aliphatic heterocycles. The first-order valence-corrected chi connectivity index (χ1v) is 4.11. The van der Waals surface area contributed by atoms with Crippen LogP contribution >= 0.6 is 0 Å². The molecule has 10 heavy (non-hydrogen) atoms. The summed E-state index contributed by atoms with van der Waals surface area (Å²) in [6.45, 7) is 0. The molecule has 0 amide bonds. The lowest BCUT2D eigenvalue weighted by Crippen LogP contribution is -2.17. The van der Waals surface area contributed by atoms with Crippen molar-refractivity contribution in [1.82, 2.24) is 0 Å². The van der Waals surface area contributed by atoms with Gasteiger partial charge in [-0.25, -0.2) is 0 Å². The molecular weight excluding hydrogens is 124 g/mol. The van der Waals surface area contributed by atoms with Crippen molar-refractivity contribution in [3.05, 3.63) is 5.53 Å². The Morgan fingerprint density at radius 1 is 1.30 bits per heavy atom. The zero-order valence-electron chi connectivity index (χ0n) is 6.08. The normalized spacial score (nSPS) is 37.8. The van der Waals surface area contributed by atoms with Gasteiger partial charge in [0, 0.05) is 6.42 Å². The standard InChI is InChI=1S/C8H12N2/c9-10-8-4-2-6-1-3-7(8)5-6/h6-7H,1-5H2. The van der Waals surface area contributed by atoms with Gasteiger partial charge in [0.15, 0.2) is 0 Å². The van der Waals surface area contributed by atoms with Gasteiger partial charge in [-0.3, -0.25) is 0 Å². The molecule has 2 fully saturated rings. The highest BCUT2D eigenvalue weighted by Gasteiger charge is 2.37. The van der Waals surface area contributed by atoms with Crippen LogP contribution in [0.4, 0.5) is 0 Å². The Hall–Kier alpha value is -0.620. The highest BCUT2D eigenvalue weighted by atomic mass is 14.9. The predicted molar refractivity (Wildman–Crippen MR) is 38.7 cm³/mol. The third-order valence-corrected chi connectivity index (χ3v) is 2.95. The van der Waals surface area contributed by atoms with E-state index in [1.807, 2.05) is 0 Å². The zero-order chi connectivity index (χ0) is 6.97. The zero-order valence-corrected chi connectivity index (χ0v) is 6.08. The Morgan fingerprint density at radius 3 is 3.00 bits per heavy atom. The minimum atomic E-state index is 0.642. The summed E-state index contributed by atoms with van der Waals surface area (Å²) in [6.07, 6.45) is 6.23. The molecule has 0 spiro atoms. The Bertz CT molecular complexity index is 191. The lowest BCUT2D eigenvalue weighted by atomic mass is 9.88. The van der Waals surface area contributed by atoms with E-state index in [1.54, 1.807) is 0 Å². The van der Waals surface area contributed by atoms with Crippen LogP contribution in [0.1, 0.15) is 32.1 Å². The van der Waals surface area contributed by atoms with Crippen molar-refractivity contribution in [2.75, 3.05) is 0 Å². The molecule has 2 bridgehead atoms. The molecule has 0 radical (unpaired) electrons. The van der Waals surface area contributed by atoms with E-state index in [0.29, 0.717) is 5.92 Å². The summed E-state index contributed by atoms with van der Waals surface area (Å²) in [7, 11) is 0. The van der Waals surface area contributed by atoms with Crippen molar-refractivity contribution < 1.29 is 4.79 Å². The van der Waals surface area contributed by atoms with Gasteiger partial charge in [-0.15, -0.1) is 0 Å². The summed E-state index contributed by atoms with van der Waals surface area (Å²) in [6, 6.07) is 0. The summed E-state index contributed by atoms with van der Waals surface area (Å²) in [5.74, 6) is 1.60. The Kier molecular flexibility index (Phi) is 1.35. The van der Waals surface area contributed by atoms with Crippen molar-refractivity contribution in [2.24, 2.45) is 11.8 Å². The molecule has 2 unspecified atom stereocenters. The number of nitrogens with zero attached hydrogens (tertiary/aromatic N) is 2. The average molecular weight is 136 g/mol. The summed E-state index contributed by atoms with van der Waals surface area (Å²) >= 11 is 0. The van der Waals surface area contributed by atoms with E-state index in [-0.39, 0.29) is 0 Å². The SMILES string of the molecule is [N-]=[N+]=C1CCC2CCC1C2. The number of hydrogen-bond donors (Lipinski definition) is 0. The van der Waals surface area contributed by atoms with E-state index in [0.717, 1.165) is 18.1 Å². The second-order valence-corrected chi connectivity index (χ2v) is 3.51. The van der Waals surface area contributed by atoms with Crippen LogP contribution in [0.5, 0.6) is 0 Å². The maximum Gasteiger partial charge on any atom is 0.271 e. The largest absolute Gasteiger partial charge is 0.362 e. The van der Waals surface area contributed by atoms with E-state index in [2.05, 4.69) is 4.79 Å². The van der Waals surface area contributed by atoms with Crippen LogP contribution in [0.25, 0.3) is 5.53 Å². The Labute approximate surface area is 60.9 Å². The highest BCUT2D eigenvalue weighted by molar-refractivity contribution is 5.82. The van der Waals surface area contributed by atoms with Crippen molar-refractivity contribution in [2.45, 2.75) is 32.1 Å². The molecule has 2 nitrogen and oxygen atoms in total. The molecule has 0 aromatic heterocycles. The molecule has 0 N–H and O–H groups in total. The fourth-order valence-corrected chi connectivity index (χ4v) is 2.33. The van der Waals surface area contributed by atoms with Crippen LogP contribution in [0, 0.1) is 11.8 Å². The molecule has 2 aliphatic carbocycles. The number of hydrogen-bond acceptors (Lipinski definition) is 0. The number of fused-ring (bicyclic) bond motifs is 2. The van der Waals surface area contributed by atoms with Crippen molar-refractivity contribution >= 4 is 5.71 Å². The fraction of sp³-hybridized carbons (Fsp3) is 0.875. The third-order valence-electron chi connectivity index (χ3n) is 2.95. The van der Waals surface area contributed by atoms with E-state index in [1.165, 1.54) is 25.7 Å². The summed E-state index contributed by atoms with van der Waals surface area (Å²) in [5, 5.41) is 0. The van der Waals surface area contributed by atoms with E-state index in [9.17, 15) is 0 Å². The summed E-state index contributed by atoms with van der Waals surface area (Å²) < 4.78 is 0. The maximum atomic E-state index is 8.60. The molecule has 0 saturated heterocycles. The van der Waals surface area contributed by atoms with Gasteiger partial charge in [-0.05, 0) is 31.6 Å². The van der Waals surface area contributed by atoms with Gasteiger partial charge in [-0.2, -0.15) is 4.79 Å². The smallest absolute Gasteiger partial charge is 0.271 e. The summed E-state index contributed by atoms with van der Waals surface area (Å²) in [5.41, 5.74) is 9.66. The average Bonchev–Trinajstić information content (AvgIpc) is 2.34. The van der Waals surface area contributed by atoms with Gasteiger partial charge in [0.05, 0.1) is 5.92 Å². The third kappa shape index (κ3) is 0.800. The number of rotatable bonds is 0. The predicted octanol–water partition coefficient (Wildman–Crippen LogP) is 1.87. The van der Waals surface area contributed by atoms with Crippen molar-refractivity contribution in [1.29, 1.82) is 0 Å². The van der Waals surface area contributed by atoms with Crippen LogP contribution in [0.15, 0.2) is 0 Å². The minimum absolute atomic E-state index is 0.642. The molecule has 2 aliphatic rings. The first-order chi connectivity index (χ1) is 4.90. The van der Waals surface area contributed by atoms with Gasteiger partial charge in [0.25, 0.3) is 5.71 Å². The lowest BCUT2D eigenvalue weighted by molar-refractivity contribution is -0.0180. The van der Waals surface area contributed by atoms with Gasteiger partial charge >= 0.3 is 0 Å². The molecule has 2 heteroatoms. The molecular formula is C8H12N2. The van der Waals surface area contributed by atoms with Crippen LogP contribution in [-0.2, 0) is 0 Å². The van der Waals surface area contributed by atoms with Gasteiger partial charge in [0.2, 0.25) is 0 Å². The van der Waals surface area contributed by atoms with Crippen LogP contribution in [0.2, 0.25) is 0 Å². The van der Waals surface area contributed by atoms with Crippen LogP contribution in [0.3, 0.4) is 0 Å². The molecule has 0 aromatic carbocycles. The van der Waals surface area contributed by atoms with E-state index < -0.39 is 0 Å². The molecule has 2 atom stereocenters. The van der Waals surface area contributed by atoms with Gasteiger partial charge in [0.1, 0.15) is 0 Å². The van der Waals surface area contributed by atoms with Gasteiger partial charge < -0.3 is 5.53 Å². The van der Waals surface area contributed by atoms with Crippen LogP contribution in [-0.4, -0.2) is 10.5 Å². The lowest BCUT2D eigenvalue weighted by Gasteiger charge is -2.13. The topological polar surface area (TPSA) is 36.4 Å². The quantitative estimate of drug-likeness (QED) is 0.360. The maximum absolute atomic E-state index is 8.60. The second-order valence-electron chi connectivity index (χ2n) is 3.51. The molecule has 2 saturated carbocycles. The first kappa shape index (κ1) is 6.11. The molecule has 0 aromatic rings. The molecule has 0 heterocycles. The molecule has 2 rings (SSSR count). The van der Waals surface area contributed by atoms with Crippen molar-refractivity contribution in [3.8, 4) is 0 Å². The second kappa shape index (κ2) is 2.21. The van der Waals surface area contributed by atoms with E-state index in [4.69, 9.17) is 5.53 Å². The van der Waals surface area contributed by atoms with E-state index >= 15 is 0 Å². The fourth-order valence-electron chi connectivity index (χ4n) is 2.33. The summed E-state index contributed by atoms with van der Waals surface area (Å²) in [4.78, 5) is 3.34. The highest BCUT2D eigenvalue weighted by Crippen LogP contribution is 2.39. The molecule has 54 valence electrons. The Balaban J connectivity index is 2.21. The monoisotopic (exact) mass is 136 g/mol. The first-order valence-electron chi connectivity index (χ1n) is 4.11. The minimum Gasteiger partial charge on any atom is -0.362 e. The van der Waals surface area contributed by atoms with Crippen LogP contribution < -0.4 is 0 Å². The Morgan fingerprint density at radius 2 is 2.20 bits per heavy atom. The van der Waals surface area contributed by atoms with Crippen molar-refractivity contribution in [3.63, 3.8) is 0 Å². The van der Waals surface area contributed by atoms with Gasteiger partial charge in [-0.1, -0.05) is 0 Å².